The fourth-order valence-electron chi connectivity index (χ4n) is 2.99. The van der Waals surface area contributed by atoms with E-state index in [9.17, 15) is 0 Å². The van der Waals surface area contributed by atoms with E-state index in [1.807, 2.05) is 65.5 Å². The van der Waals surface area contributed by atoms with Crippen LogP contribution in [-0.4, -0.2) is 35.4 Å². The van der Waals surface area contributed by atoms with Gasteiger partial charge in [0, 0.05) is 30.4 Å². The second-order valence-electron chi connectivity index (χ2n) is 7.05. The number of nitrogens with one attached hydrogen (secondary N) is 1. The van der Waals surface area contributed by atoms with Crippen molar-refractivity contribution in [1.29, 1.82) is 0 Å². The molecule has 3 aromatic heterocycles. The van der Waals surface area contributed by atoms with Crippen LogP contribution in [0.1, 0.15) is 5.56 Å². The molecule has 6 nitrogen and oxygen atoms in total. The third-order valence-corrected chi connectivity index (χ3v) is 4.72. The first-order chi connectivity index (χ1) is 13.4. The number of halogens is 1. The molecular formula is C19H18B2ClN5O. The van der Waals surface area contributed by atoms with Crippen molar-refractivity contribution in [3.63, 3.8) is 0 Å². The van der Waals surface area contributed by atoms with Crippen LogP contribution in [0.2, 0.25) is 5.15 Å². The van der Waals surface area contributed by atoms with Crippen LogP contribution >= 0.6 is 11.6 Å². The molecule has 0 saturated carbocycles. The molecule has 0 aliphatic heterocycles. The number of fused-ring (bicyclic) bond motifs is 1. The van der Waals surface area contributed by atoms with Crippen LogP contribution in [0.4, 0.5) is 11.5 Å². The van der Waals surface area contributed by atoms with Crippen LogP contribution in [0, 0.1) is 0 Å². The van der Waals surface area contributed by atoms with E-state index < -0.39 is 5.40 Å². The Balaban J connectivity index is 1.62. The molecule has 4 rings (SSSR count). The van der Waals surface area contributed by atoms with Crippen LogP contribution in [0.3, 0.4) is 0 Å². The van der Waals surface area contributed by atoms with E-state index in [-0.39, 0.29) is 0 Å². The third-order valence-electron chi connectivity index (χ3n) is 4.50. The molecule has 0 bridgehead atoms. The second-order valence-corrected chi connectivity index (χ2v) is 7.44. The Bertz CT molecular complexity index is 1130. The van der Waals surface area contributed by atoms with E-state index in [4.69, 9.17) is 16.3 Å². The first-order valence-electron chi connectivity index (χ1n) is 8.86. The van der Waals surface area contributed by atoms with E-state index in [1.54, 1.807) is 23.1 Å². The van der Waals surface area contributed by atoms with E-state index in [0.717, 1.165) is 33.6 Å². The molecule has 0 atom stereocenters. The lowest BCUT2D eigenvalue weighted by Crippen LogP contribution is -2.33. The Morgan fingerprint density at radius 1 is 1.11 bits per heavy atom. The van der Waals surface area contributed by atoms with Gasteiger partial charge in [0.2, 0.25) is 0 Å². The zero-order chi connectivity index (χ0) is 19.7. The van der Waals surface area contributed by atoms with E-state index in [0.29, 0.717) is 5.15 Å². The zero-order valence-electron chi connectivity index (χ0n) is 15.8. The molecule has 3 heterocycles. The summed E-state index contributed by atoms with van der Waals surface area (Å²) in [5.74, 6) is 1.53. The van der Waals surface area contributed by atoms with Gasteiger partial charge in [0.25, 0.3) is 0 Å². The van der Waals surface area contributed by atoms with E-state index in [2.05, 4.69) is 20.4 Å². The highest BCUT2D eigenvalue weighted by molar-refractivity contribution is 6.39. The maximum absolute atomic E-state index is 6.26. The van der Waals surface area contributed by atoms with Gasteiger partial charge in [-0.05, 0) is 41.8 Å². The van der Waals surface area contributed by atoms with Crippen LogP contribution < -0.4 is 10.1 Å². The zero-order valence-corrected chi connectivity index (χ0v) is 16.6. The van der Waals surface area contributed by atoms with Gasteiger partial charge >= 0.3 is 0 Å². The molecule has 0 unspecified atom stereocenters. The summed E-state index contributed by atoms with van der Waals surface area (Å²) in [6.45, 7) is 0. The average Bonchev–Trinajstić information content (AvgIpc) is 3.11. The normalized spacial score (nSPS) is 11.5. The third kappa shape index (κ3) is 3.82. The fraction of sp³-hybridized carbons (Fsp3) is 0.105. The summed E-state index contributed by atoms with van der Waals surface area (Å²) in [4.78, 5) is 8.54. The van der Waals surface area contributed by atoms with Gasteiger partial charge in [-0.25, -0.2) is 9.97 Å². The number of hydrogen-bond acceptors (Lipinski definition) is 5. The van der Waals surface area contributed by atoms with Crippen molar-refractivity contribution >= 4 is 49.6 Å². The monoisotopic (exact) mass is 389 g/mol. The Morgan fingerprint density at radius 2 is 1.96 bits per heavy atom. The molecule has 0 spiro atoms. The molecule has 0 fully saturated rings. The predicted molar refractivity (Wildman–Crippen MR) is 117 cm³/mol. The summed E-state index contributed by atoms with van der Waals surface area (Å²) >= 11 is 5.85. The Morgan fingerprint density at radius 3 is 2.68 bits per heavy atom. The summed E-state index contributed by atoms with van der Waals surface area (Å²) in [5.41, 5.74) is 1.84. The summed E-state index contributed by atoms with van der Waals surface area (Å²) < 4.78 is 8.04. The lowest BCUT2D eigenvalue weighted by molar-refractivity contribution is 0.245. The molecule has 1 N–H and O–H groups in total. The number of hydrogen-bond donors (Lipinski definition) is 1. The minimum absolute atomic E-state index is 0.453. The van der Waals surface area contributed by atoms with Crippen molar-refractivity contribution in [3.8, 4) is 5.75 Å². The molecule has 0 amide bonds. The van der Waals surface area contributed by atoms with Gasteiger partial charge in [0.15, 0.2) is 15.7 Å². The van der Waals surface area contributed by atoms with Gasteiger partial charge < -0.3 is 10.1 Å². The van der Waals surface area contributed by atoms with Crippen LogP contribution in [-0.2, 0) is 12.4 Å². The second kappa shape index (κ2) is 7.20. The van der Waals surface area contributed by atoms with Gasteiger partial charge in [-0.3, -0.25) is 4.68 Å². The first-order valence-corrected chi connectivity index (χ1v) is 9.24. The standard InChI is InChI=1S/C19H18B2ClN5O/c1-27-11-13(9-25-27)19(20,21)28-15-3-4-16-12(8-15)6-7-23-18(16)26-14-2-5-17(22)24-10-14/h2-11H,20-21H2,1H3,(H,23,26). The largest absolute Gasteiger partial charge is 0.501 e. The highest BCUT2D eigenvalue weighted by Gasteiger charge is 2.24. The molecular weight excluding hydrogens is 371 g/mol. The Kier molecular flexibility index (Phi) is 4.73. The Labute approximate surface area is 169 Å². The average molecular weight is 389 g/mol. The summed E-state index contributed by atoms with van der Waals surface area (Å²) in [7, 11) is 5.95. The van der Waals surface area contributed by atoms with Crippen molar-refractivity contribution in [2.75, 3.05) is 5.32 Å². The van der Waals surface area contributed by atoms with Gasteiger partial charge in [0.1, 0.15) is 16.7 Å². The summed E-state index contributed by atoms with van der Waals surface area (Å²) in [6.07, 6.45) is 7.24. The molecule has 1 aromatic carbocycles. The topological polar surface area (TPSA) is 64.9 Å². The maximum Gasteiger partial charge on any atom is 0.152 e. The molecule has 138 valence electrons. The van der Waals surface area contributed by atoms with Gasteiger partial charge in [-0.1, -0.05) is 11.6 Å². The number of aryl methyl sites for hydroxylation is 1. The van der Waals surface area contributed by atoms with Gasteiger partial charge in [0.05, 0.1) is 23.5 Å². The van der Waals surface area contributed by atoms with Gasteiger partial charge in [-0.2, -0.15) is 5.10 Å². The number of rotatable bonds is 5. The summed E-state index contributed by atoms with van der Waals surface area (Å²) in [5, 5.41) is 9.50. The maximum atomic E-state index is 6.26. The molecule has 0 radical (unpaired) electrons. The smallest absolute Gasteiger partial charge is 0.152 e. The lowest BCUT2D eigenvalue weighted by Gasteiger charge is -2.26. The number of nitrogens with zero attached hydrogens (tertiary/aromatic N) is 4. The molecule has 4 aromatic rings. The molecule has 0 saturated heterocycles. The molecule has 0 aliphatic rings. The number of ether oxygens (including phenoxy) is 1. The highest BCUT2D eigenvalue weighted by atomic mass is 35.5. The van der Waals surface area contributed by atoms with Crippen molar-refractivity contribution in [2.24, 2.45) is 7.05 Å². The minimum Gasteiger partial charge on any atom is -0.501 e. The molecule has 0 aliphatic carbocycles. The quantitative estimate of drug-likeness (QED) is 0.419. The number of pyridine rings is 2. The number of anilines is 2. The van der Waals surface area contributed by atoms with Gasteiger partial charge in [-0.15, -0.1) is 0 Å². The van der Waals surface area contributed by atoms with Crippen LogP contribution in [0.5, 0.6) is 5.75 Å². The SMILES string of the molecule is BC(B)(Oc1ccc2c(Nc3ccc(Cl)nc3)nccc2c1)c1cnn(C)c1. The van der Waals surface area contributed by atoms with Crippen molar-refractivity contribution < 1.29 is 4.74 Å². The van der Waals surface area contributed by atoms with Crippen LogP contribution in [0.15, 0.2) is 61.2 Å². The predicted octanol–water partition coefficient (Wildman–Crippen LogP) is 2.22. The number of benzene rings is 1. The van der Waals surface area contributed by atoms with E-state index in [1.165, 1.54) is 0 Å². The van der Waals surface area contributed by atoms with Crippen molar-refractivity contribution in [2.45, 2.75) is 5.40 Å². The minimum atomic E-state index is -0.495. The van der Waals surface area contributed by atoms with Crippen molar-refractivity contribution in [1.82, 2.24) is 19.7 Å². The fourth-order valence-corrected chi connectivity index (χ4v) is 3.10. The summed E-state index contributed by atoms with van der Waals surface area (Å²) in [6, 6.07) is 11.5. The molecule has 9 heteroatoms. The first kappa shape index (κ1) is 18.4. The van der Waals surface area contributed by atoms with E-state index >= 15 is 0 Å². The van der Waals surface area contributed by atoms with Crippen molar-refractivity contribution in [3.05, 3.63) is 71.9 Å². The Hall–Kier alpha value is -2.99. The van der Waals surface area contributed by atoms with Crippen LogP contribution in [0.25, 0.3) is 10.8 Å². The molecule has 28 heavy (non-hydrogen) atoms. The lowest BCUT2D eigenvalue weighted by atomic mass is 9.62. The highest BCUT2D eigenvalue weighted by Crippen LogP contribution is 2.30. The number of aromatic nitrogens is 4.